The van der Waals surface area contributed by atoms with Crippen LogP contribution in [0.4, 0.5) is 4.39 Å². The molecule has 1 aromatic rings. The van der Waals surface area contributed by atoms with Crippen molar-refractivity contribution in [2.45, 2.75) is 45.8 Å². The lowest BCUT2D eigenvalue weighted by atomic mass is 9.92. The van der Waals surface area contributed by atoms with E-state index in [2.05, 4.69) is 34.4 Å². The van der Waals surface area contributed by atoms with Gasteiger partial charge >= 0.3 is 0 Å². The number of guanidine groups is 1. The molecule has 0 aliphatic carbocycles. The first-order valence-corrected chi connectivity index (χ1v) is 11.2. The Morgan fingerprint density at radius 1 is 1.19 bits per heavy atom. The Hall–Kier alpha value is -0.970. The van der Waals surface area contributed by atoms with Gasteiger partial charge in [0.05, 0.1) is 13.2 Å². The summed E-state index contributed by atoms with van der Waals surface area (Å²) in [6.07, 6.45) is 2.33. The van der Waals surface area contributed by atoms with Gasteiger partial charge in [0, 0.05) is 51.4 Å². The lowest BCUT2D eigenvalue weighted by Gasteiger charge is -2.39. The molecular weight excluding hydrogens is 508 g/mol. The van der Waals surface area contributed by atoms with Crippen LogP contribution in [0.5, 0.6) is 0 Å². The summed E-state index contributed by atoms with van der Waals surface area (Å²) in [6, 6.07) is 5.76. The highest BCUT2D eigenvalue weighted by atomic mass is 127. The van der Waals surface area contributed by atoms with Crippen LogP contribution in [0.1, 0.15) is 37.8 Å². The molecule has 0 amide bonds. The molecule has 0 aromatic heterocycles. The summed E-state index contributed by atoms with van der Waals surface area (Å²) < 4.78 is 19.6. The maximum Gasteiger partial charge on any atom is 0.191 e. The predicted molar refractivity (Wildman–Crippen MR) is 138 cm³/mol. The number of hydrogen-bond donors (Lipinski definition) is 2. The molecule has 178 valence electrons. The van der Waals surface area contributed by atoms with E-state index in [1.807, 2.05) is 31.1 Å². The van der Waals surface area contributed by atoms with Gasteiger partial charge in [0.15, 0.2) is 5.96 Å². The van der Waals surface area contributed by atoms with Crippen LogP contribution in [0.3, 0.4) is 0 Å². The monoisotopic (exact) mass is 549 g/mol. The normalized spacial score (nSPS) is 16.3. The second kappa shape index (κ2) is 15.0. The number of halogens is 2. The second-order valence-corrected chi connectivity index (χ2v) is 8.26. The molecule has 0 radical (unpaired) electrons. The van der Waals surface area contributed by atoms with E-state index in [0.29, 0.717) is 30.6 Å². The third kappa shape index (κ3) is 9.19. The quantitative estimate of drug-likeness (QED) is 0.267. The Morgan fingerprint density at radius 3 is 2.45 bits per heavy atom. The van der Waals surface area contributed by atoms with Gasteiger partial charge in [-0.2, -0.15) is 0 Å². The van der Waals surface area contributed by atoms with Crippen molar-refractivity contribution in [1.82, 2.24) is 20.4 Å². The molecule has 1 aliphatic heterocycles. The number of nitrogens with one attached hydrogen (secondary N) is 2. The van der Waals surface area contributed by atoms with Crippen LogP contribution in [0.2, 0.25) is 0 Å². The van der Waals surface area contributed by atoms with E-state index < -0.39 is 0 Å². The van der Waals surface area contributed by atoms with Crippen LogP contribution >= 0.6 is 24.0 Å². The highest BCUT2D eigenvalue weighted by Gasteiger charge is 2.27. The van der Waals surface area contributed by atoms with Crippen molar-refractivity contribution in [2.75, 3.05) is 54.0 Å². The average molecular weight is 550 g/mol. The van der Waals surface area contributed by atoms with Crippen LogP contribution in [0, 0.1) is 11.7 Å². The summed E-state index contributed by atoms with van der Waals surface area (Å²) in [5.74, 6) is 1.26. The number of benzene rings is 1. The molecular formula is C23H41FIN5O. The minimum absolute atomic E-state index is 0. The van der Waals surface area contributed by atoms with Crippen molar-refractivity contribution in [2.24, 2.45) is 10.9 Å². The fourth-order valence-corrected chi connectivity index (χ4v) is 4.14. The lowest BCUT2D eigenvalue weighted by Crippen LogP contribution is -2.53. The van der Waals surface area contributed by atoms with E-state index in [0.717, 1.165) is 57.2 Å². The molecule has 2 N–H and O–H groups in total. The summed E-state index contributed by atoms with van der Waals surface area (Å²) in [5, 5.41) is 6.90. The van der Waals surface area contributed by atoms with Crippen LogP contribution in [-0.4, -0.2) is 75.8 Å². The SMILES string of the molecule is CCC(CC)C(CNC(=NC)NCc1ccc(F)c(CN(C)C)c1)N1CCOCC1.I. The molecule has 1 saturated heterocycles. The Bertz CT molecular complexity index is 663. The highest BCUT2D eigenvalue weighted by Crippen LogP contribution is 2.19. The van der Waals surface area contributed by atoms with E-state index in [1.54, 1.807) is 13.1 Å². The summed E-state index contributed by atoms with van der Waals surface area (Å²) in [4.78, 5) is 8.91. The summed E-state index contributed by atoms with van der Waals surface area (Å²) in [7, 11) is 5.68. The minimum Gasteiger partial charge on any atom is -0.379 e. The summed E-state index contributed by atoms with van der Waals surface area (Å²) >= 11 is 0. The summed E-state index contributed by atoms with van der Waals surface area (Å²) in [5.41, 5.74) is 1.75. The van der Waals surface area contributed by atoms with Gasteiger partial charge in [0.1, 0.15) is 5.82 Å². The van der Waals surface area contributed by atoms with Crippen LogP contribution in [0.15, 0.2) is 23.2 Å². The fraction of sp³-hybridized carbons (Fsp3) is 0.696. The minimum atomic E-state index is -0.159. The van der Waals surface area contributed by atoms with E-state index in [-0.39, 0.29) is 29.8 Å². The van der Waals surface area contributed by atoms with Crippen molar-refractivity contribution >= 4 is 29.9 Å². The van der Waals surface area contributed by atoms with Crippen LogP contribution in [0.25, 0.3) is 0 Å². The molecule has 1 atom stereocenters. The third-order valence-corrected chi connectivity index (χ3v) is 5.87. The zero-order valence-corrected chi connectivity index (χ0v) is 22.1. The Morgan fingerprint density at radius 2 is 1.87 bits per heavy atom. The molecule has 6 nitrogen and oxygen atoms in total. The smallest absolute Gasteiger partial charge is 0.191 e. The molecule has 1 aliphatic rings. The zero-order valence-electron chi connectivity index (χ0n) is 19.8. The number of ether oxygens (including phenoxy) is 1. The number of morpholine rings is 1. The molecule has 31 heavy (non-hydrogen) atoms. The number of aliphatic imine (C=N–C) groups is 1. The predicted octanol–water partition coefficient (Wildman–Crippen LogP) is 3.31. The Balaban J connectivity index is 0.00000480. The van der Waals surface area contributed by atoms with Crippen molar-refractivity contribution in [3.8, 4) is 0 Å². The van der Waals surface area contributed by atoms with Gasteiger partial charge in [0.2, 0.25) is 0 Å². The molecule has 0 spiro atoms. The van der Waals surface area contributed by atoms with Gasteiger partial charge in [-0.3, -0.25) is 9.89 Å². The first-order chi connectivity index (χ1) is 14.5. The molecule has 2 rings (SSSR count). The van der Waals surface area contributed by atoms with E-state index in [9.17, 15) is 4.39 Å². The van der Waals surface area contributed by atoms with Gasteiger partial charge in [-0.25, -0.2) is 4.39 Å². The van der Waals surface area contributed by atoms with Crippen LogP contribution < -0.4 is 10.6 Å². The molecule has 8 heteroatoms. The fourth-order valence-electron chi connectivity index (χ4n) is 4.14. The topological polar surface area (TPSA) is 52.1 Å². The summed E-state index contributed by atoms with van der Waals surface area (Å²) in [6.45, 7) is 10.2. The first-order valence-electron chi connectivity index (χ1n) is 11.2. The third-order valence-electron chi connectivity index (χ3n) is 5.87. The number of nitrogens with zero attached hydrogens (tertiary/aromatic N) is 3. The zero-order chi connectivity index (χ0) is 21.9. The van der Waals surface area contributed by atoms with Crippen LogP contribution in [-0.2, 0) is 17.8 Å². The van der Waals surface area contributed by atoms with Gasteiger partial charge in [-0.05, 0) is 37.7 Å². The molecule has 0 bridgehead atoms. The van der Waals surface area contributed by atoms with Crippen molar-refractivity contribution in [1.29, 1.82) is 0 Å². The molecule has 1 unspecified atom stereocenters. The van der Waals surface area contributed by atoms with Crippen molar-refractivity contribution in [3.63, 3.8) is 0 Å². The first kappa shape index (κ1) is 28.1. The Labute approximate surface area is 205 Å². The van der Waals surface area contributed by atoms with E-state index >= 15 is 0 Å². The number of hydrogen-bond acceptors (Lipinski definition) is 4. The largest absolute Gasteiger partial charge is 0.379 e. The van der Waals surface area contributed by atoms with Crippen molar-refractivity contribution < 1.29 is 9.13 Å². The van der Waals surface area contributed by atoms with Gasteiger partial charge in [0.25, 0.3) is 0 Å². The van der Waals surface area contributed by atoms with E-state index in [4.69, 9.17) is 4.74 Å². The highest BCUT2D eigenvalue weighted by molar-refractivity contribution is 14.0. The standard InChI is InChI=1S/C23H40FN5O.HI/c1-6-19(7-2)22(29-10-12-30-13-11-29)16-27-23(25-3)26-15-18-8-9-21(24)20(14-18)17-28(4)5;/h8-9,14,19,22H,6-7,10-13,15-17H2,1-5H3,(H2,25,26,27);1H. The second-order valence-electron chi connectivity index (χ2n) is 8.26. The maximum absolute atomic E-state index is 14.0. The Kier molecular flexibility index (Phi) is 13.6. The van der Waals surface area contributed by atoms with E-state index in [1.165, 1.54) is 0 Å². The lowest BCUT2D eigenvalue weighted by molar-refractivity contribution is 0.00272. The molecule has 1 fully saturated rings. The van der Waals surface area contributed by atoms with Crippen molar-refractivity contribution in [3.05, 3.63) is 35.1 Å². The molecule has 0 saturated carbocycles. The van der Waals surface area contributed by atoms with Gasteiger partial charge in [-0.15, -0.1) is 24.0 Å². The molecule has 1 heterocycles. The molecule has 1 aromatic carbocycles. The maximum atomic E-state index is 14.0. The van der Waals surface area contributed by atoms with Gasteiger partial charge in [-0.1, -0.05) is 32.8 Å². The average Bonchev–Trinajstić information content (AvgIpc) is 2.75. The van der Waals surface area contributed by atoms with Gasteiger partial charge < -0.3 is 20.3 Å². The number of rotatable bonds is 10.